The molecule has 0 aliphatic heterocycles. The zero-order chi connectivity index (χ0) is 49.8. The van der Waals surface area contributed by atoms with Crippen LogP contribution in [0.3, 0.4) is 0 Å². The maximum Gasteiger partial charge on any atom is 0.129 e. The molecule has 0 amide bonds. The standard InChI is InChI=1S/C60H54N2O2.C4H12NSi2.La/c1-43-37-45(57(63)53(39-43)59(47-23-9-3-10-24-47,48-25-11-4-12-26-48)49-27-13-5-14-28-49)41-61-55-35-21-22-36-56(55)62-42-46-38-44(2)40-54(58(46)64)60(50-29-15-6-16-30-50,51-31-17-7-18-32-51)52-33-19-8-20-34-52;1-6(2)5-7(3)4;/h3-20,23-34,37-42,55-56,63-64H,21-22,35-36H2,1-2H3;1-4H3;/q;-1;/t55-,56-;;/m0../s1. The largest absolute Gasteiger partial charge is 0.673 e. The van der Waals surface area contributed by atoms with Crippen molar-refractivity contribution >= 4 is 30.3 Å². The number of rotatable bonds is 14. The van der Waals surface area contributed by atoms with Gasteiger partial charge >= 0.3 is 0 Å². The second-order valence-corrected chi connectivity index (χ2v) is 23.9. The SMILES string of the molecule is C[Si](C)[N-][Si](C)C.Cc1cc(C=N[C@H]2CCCC[C@@H]2N=Cc2cc(C)cc(C(c3ccccc3)(c3ccccc3)c3ccccc3)c2O)c(O)c(C(c2ccccc2)(c2ccccc2)c2ccccc2)c1.[La]. The van der Waals surface area contributed by atoms with E-state index in [0.717, 1.165) is 81.3 Å². The van der Waals surface area contributed by atoms with E-state index in [1.54, 1.807) is 0 Å². The topological polar surface area (TPSA) is 79.3 Å². The molecule has 0 bridgehead atoms. The summed E-state index contributed by atoms with van der Waals surface area (Å²) < 4.78 is 4.48. The Kier molecular flexibility index (Phi) is 19.0. The van der Waals surface area contributed by atoms with E-state index >= 15 is 0 Å². The molecule has 3 radical (unpaired) electrons. The molecule has 9 rings (SSSR count). The van der Waals surface area contributed by atoms with Crippen molar-refractivity contribution in [2.75, 3.05) is 0 Å². The Bertz CT molecular complexity index is 2610. The number of aryl methyl sites for hydroxylation is 2. The van der Waals surface area contributed by atoms with Crippen molar-refractivity contribution in [3.63, 3.8) is 0 Å². The Morgan fingerprint density at radius 3 is 0.903 bits per heavy atom. The molecule has 8 aromatic rings. The average Bonchev–Trinajstić information content (AvgIpc) is 3.39. The summed E-state index contributed by atoms with van der Waals surface area (Å²) >= 11 is 0. The Labute approximate surface area is 460 Å². The van der Waals surface area contributed by atoms with Gasteiger partial charge in [-0.1, -0.05) is 251 Å². The van der Waals surface area contributed by atoms with E-state index in [4.69, 9.17) is 9.98 Å². The normalized spacial score (nSPS) is 15.1. The summed E-state index contributed by atoms with van der Waals surface area (Å²) in [5, 5.41) is 25.1. The molecule has 1 fully saturated rings. The molecule has 1 saturated carbocycles. The van der Waals surface area contributed by atoms with Crippen molar-refractivity contribution < 1.29 is 45.8 Å². The fourth-order valence-electron chi connectivity index (χ4n) is 10.7. The fraction of sp³-hybridized carbons (Fsp3) is 0.219. The second-order valence-electron chi connectivity index (χ2n) is 19.2. The quantitative estimate of drug-likeness (QED) is 0.0646. The van der Waals surface area contributed by atoms with Gasteiger partial charge in [0.1, 0.15) is 11.5 Å². The molecular weight excluding hydrogens is 1040 g/mol. The molecule has 0 heterocycles. The summed E-state index contributed by atoms with van der Waals surface area (Å²) in [5.74, 6) is 0.412. The molecule has 8 aromatic carbocycles. The number of hydrogen-bond donors (Lipinski definition) is 2. The third kappa shape index (κ3) is 11.9. The Morgan fingerprint density at radius 1 is 0.431 bits per heavy atom. The third-order valence-corrected chi connectivity index (χ3v) is 17.1. The number of phenols is 2. The number of nitrogens with zero attached hydrogens (tertiary/aromatic N) is 3. The van der Waals surface area contributed by atoms with Gasteiger partial charge in [0.2, 0.25) is 0 Å². The molecule has 8 heteroatoms. The number of benzene rings is 8. The zero-order valence-electron chi connectivity index (χ0n) is 42.6. The van der Waals surface area contributed by atoms with Gasteiger partial charge in [-0.2, -0.15) is 0 Å². The molecule has 0 unspecified atom stereocenters. The Hall–Kier alpha value is -5.71. The smallest absolute Gasteiger partial charge is 0.129 e. The summed E-state index contributed by atoms with van der Waals surface area (Å²) in [5.41, 5.74) is 9.81. The van der Waals surface area contributed by atoms with Gasteiger partial charge in [-0.15, -0.1) is 0 Å². The number of aliphatic imine (C=N–C) groups is 2. The van der Waals surface area contributed by atoms with Crippen molar-refractivity contribution in [3.05, 3.63) is 278 Å². The van der Waals surface area contributed by atoms with Gasteiger partial charge in [-0.05, 0) is 83.3 Å². The third-order valence-electron chi connectivity index (χ3n) is 13.6. The number of aromatic hydroxyl groups is 2. The number of phenolic OH excluding ortho intramolecular Hbond substituents is 2. The second kappa shape index (κ2) is 25.3. The molecule has 1 aliphatic carbocycles. The van der Waals surface area contributed by atoms with Crippen LogP contribution in [0, 0.1) is 49.4 Å². The van der Waals surface area contributed by atoms with Crippen LogP contribution in [0.1, 0.15) is 92.4 Å². The molecule has 1 aliphatic rings. The van der Waals surface area contributed by atoms with E-state index in [0.29, 0.717) is 11.1 Å². The van der Waals surface area contributed by atoms with Gasteiger partial charge < -0.3 is 14.9 Å². The molecule has 72 heavy (non-hydrogen) atoms. The molecule has 0 saturated heterocycles. The van der Waals surface area contributed by atoms with E-state index in [2.05, 4.69) is 202 Å². The van der Waals surface area contributed by atoms with Gasteiger partial charge in [0.25, 0.3) is 0 Å². The molecular formula is C64H66LaN3O2Si2-. The van der Waals surface area contributed by atoms with Crippen LogP contribution in [0.4, 0.5) is 0 Å². The molecule has 2 N–H and O–H groups in total. The van der Waals surface area contributed by atoms with E-state index in [1.165, 1.54) is 0 Å². The van der Waals surface area contributed by atoms with Crippen molar-refractivity contribution in [2.45, 2.75) is 88.6 Å². The van der Waals surface area contributed by atoms with Crippen molar-refractivity contribution in [1.82, 2.24) is 0 Å². The maximum absolute atomic E-state index is 12.5. The van der Waals surface area contributed by atoms with Gasteiger partial charge in [-0.3, -0.25) is 9.98 Å². The Balaban J connectivity index is 0.000000886. The zero-order valence-corrected chi connectivity index (χ0v) is 48.2. The van der Waals surface area contributed by atoms with Crippen molar-refractivity contribution in [1.29, 1.82) is 0 Å². The van der Waals surface area contributed by atoms with Crippen LogP contribution in [-0.4, -0.2) is 52.6 Å². The van der Waals surface area contributed by atoms with E-state index in [-0.39, 0.29) is 77.1 Å². The molecule has 361 valence electrons. The van der Waals surface area contributed by atoms with Gasteiger partial charge in [0, 0.05) is 70.3 Å². The van der Waals surface area contributed by atoms with Crippen LogP contribution in [0.5, 0.6) is 11.5 Å². The monoisotopic (exact) mass is 1100 g/mol. The summed E-state index contributed by atoms with van der Waals surface area (Å²) in [6.07, 6.45) is 7.59. The predicted molar refractivity (Wildman–Crippen MR) is 302 cm³/mol. The average molecular weight is 1100 g/mol. The summed E-state index contributed by atoms with van der Waals surface area (Å²) in [7, 11) is -0.528. The van der Waals surface area contributed by atoms with Crippen LogP contribution in [0.2, 0.25) is 26.2 Å². The van der Waals surface area contributed by atoms with E-state index < -0.39 is 10.8 Å². The summed E-state index contributed by atoms with van der Waals surface area (Å²) in [6, 6.07) is 71.0. The minimum absolute atomic E-state index is 0. The van der Waals surface area contributed by atoms with E-state index in [1.807, 2.05) is 61.0 Å². The predicted octanol–water partition coefficient (Wildman–Crippen LogP) is 15.2. The Morgan fingerprint density at radius 2 is 0.681 bits per heavy atom. The van der Waals surface area contributed by atoms with Crippen LogP contribution in [0.25, 0.3) is 4.65 Å². The van der Waals surface area contributed by atoms with Crippen molar-refractivity contribution in [2.24, 2.45) is 9.98 Å². The van der Waals surface area contributed by atoms with Crippen molar-refractivity contribution in [3.8, 4) is 11.5 Å². The fourth-order valence-corrected chi connectivity index (χ4v) is 14.3. The first-order valence-electron chi connectivity index (χ1n) is 24.9. The van der Waals surface area contributed by atoms with Gasteiger partial charge in [0.15, 0.2) is 0 Å². The van der Waals surface area contributed by atoms with Crippen LogP contribution in [0.15, 0.2) is 216 Å². The van der Waals surface area contributed by atoms with Gasteiger partial charge in [0.05, 0.1) is 22.9 Å². The first-order valence-corrected chi connectivity index (χ1v) is 29.8. The van der Waals surface area contributed by atoms with Gasteiger partial charge in [-0.25, -0.2) is 0 Å². The maximum atomic E-state index is 12.5. The molecule has 0 spiro atoms. The van der Waals surface area contributed by atoms with Crippen LogP contribution in [-0.2, 0) is 10.8 Å². The number of hydrogen-bond acceptors (Lipinski definition) is 4. The summed E-state index contributed by atoms with van der Waals surface area (Å²) in [4.78, 5) is 10.5. The van der Waals surface area contributed by atoms with Crippen LogP contribution >= 0.6 is 0 Å². The first kappa shape index (κ1) is 54.1. The summed E-state index contributed by atoms with van der Waals surface area (Å²) in [6.45, 7) is 13.1. The van der Waals surface area contributed by atoms with Crippen LogP contribution < -0.4 is 0 Å². The molecule has 2 atom stereocenters. The minimum atomic E-state index is -0.798. The minimum Gasteiger partial charge on any atom is -0.673 e. The first-order chi connectivity index (χ1) is 34.5. The molecule has 0 aromatic heterocycles. The van der Waals surface area contributed by atoms with E-state index in [9.17, 15) is 10.2 Å². The molecule has 5 nitrogen and oxygen atoms in total.